The number of nitrogens with zero attached hydrogens (tertiary/aromatic N) is 2. The third-order valence-electron chi connectivity index (χ3n) is 3.21. The topological polar surface area (TPSA) is 92.6 Å². The SMILES string of the molecule is CNc1ccc(S(=O)(=O)N(C)c2ccccc2)cc1[N+](=O)[O-]. The number of para-hydroxylation sites is 1. The molecule has 7 nitrogen and oxygen atoms in total. The Bertz CT molecular complexity index is 791. The van der Waals surface area contributed by atoms with Crippen LogP contribution in [0.4, 0.5) is 17.1 Å². The van der Waals surface area contributed by atoms with Gasteiger partial charge in [0, 0.05) is 20.2 Å². The van der Waals surface area contributed by atoms with Gasteiger partial charge < -0.3 is 5.32 Å². The molecule has 2 aromatic rings. The number of sulfonamides is 1. The van der Waals surface area contributed by atoms with Crippen LogP contribution in [0.5, 0.6) is 0 Å². The second kappa shape index (κ2) is 6.02. The van der Waals surface area contributed by atoms with Gasteiger partial charge in [-0.15, -0.1) is 0 Å². The van der Waals surface area contributed by atoms with Crippen molar-refractivity contribution >= 4 is 27.1 Å². The van der Waals surface area contributed by atoms with Gasteiger partial charge in [-0.05, 0) is 24.3 Å². The average Bonchev–Trinajstić information content (AvgIpc) is 2.54. The Labute approximate surface area is 128 Å². The molecule has 0 aliphatic heterocycles. The van der Waals surface area contributed by atoms with Crippen LogP contribution in [-0.4, -0.2) is 27.4 Å². The summed E-state index contributed by atoms with van der Waals surface area (Å²) >= 11 is 0. The first-order valence-corrected chi connectivity index (χ1v) is 7.82. The van der Waals surface area contributed by atoms with E-state index in [0.717, 1.165) is 10.4 Å². The molecule has 116 valence electrons. The Morgan fingerprint density at radius 1 is 1.14 bits per heavy atom. The highest BCUT2D eigenvalue weighted by Gasteiger charge is 2.25. The molecule has 1 N–H and O–H groups in total. The third kappa shape index (κ3) is 2.86. The zero-order chi connectivity index (χ0) is 16.3. The zero-order valence-corrected chi connectivity index (χ0v) is 12.9. The first-order valence-electron chi connectivity index (χ1n) is 6.38. The van der Waals surface area contributed by atoms with Crippen LogP contribution in [0.1, 0.15) is 0 Å². The molecule has 0 spiro atoms. The lowest BCUT2D eigenvalue weighted by atomic mass is 10.3. The Hall–Kier alpha value is -2.61. The number of hydrogen-bond acceptors (Lipinski definition) is 5. The first-order chi connectivity index (χ1) is 10.4. The van der Waals surface area contributed by atoms with Crippen molar-refractivity contribution in [3.63, 3.8) is 0 Å². The summed E-state index contributed by atoms with van der Waals surface area (Å²) in [7, 11) is -0.932. The van der Waals surface area contributed by atoms with Gasteiger partial charge in [0.05, 0.1) is 15.5 Å². The number of benzene rings is 2. The molecule has 0 saturated heterocycles. The molecule has 0 amide bonds. The lowest BCUT2D eigenvalue weighted by Crippen LogP contribution is -2.26. The first kappa shape index (κ1) is 15.8. The predicted molar refractivity (Wildman–Crippen MR) is 84.7 cm³/mol. The minimum absolute atomic E-state index is 0.135. The fourth-order valence-corrected chi connectivity index (χ4v) is 3.19. The van der Waals surface area contributed by atoms with Gasteiger partial charge in [-0.25, -0.2) is 8.42 Å². The van der Waals surface area contributed by atoms with E-state index in [1.54, 1.807) is 30.3 Å². The van der Waals surface area contributed by atoms with E-state index in [1.165, 1.54) is 26.2 Å². The molecule has 2 rings (SSSR count). The van der Waals surface area contributed by atoms with Crippen LogP contribution in [0.3, 0.4) is 0 Å². The summed E-state index contributed by atoms with van der Waals surface area (Å²) in [6, 6.07) is 12.3. The van der Waals surface area contributed by atoms with Gasteiger partial charge in [-0.2, -0.15) is 0 Å². The highest BCUT2D eigenvalue weighted by Crippen LogP contribution is 2.29. The molecule has 0 radical (unpaired) electrons. The Morgan fingerprint density at radius 3 is 2.32 bits per heavy atom. The van der Waals surface area contributed by atoms with Gasteiger partial charge in [0.15, 0.2) is 0 Å². The van der Waals surface area contributed by atoms with Crippen molar-refractivity contribution < 1.29 is 13.3 Å². The van der Waals surface area contributed by atoms with Gasteiger partial charge in [-0.1, -0.05) is 18.2 Å². The second-order valence-corrected chi connectivity index (χ2v) is 6.46. The smallest absolute Gasteiger partial charge is 0.293 e. The maximum Gasteiger partial charge on any atom is 0.293 e. The molecule has 0 aromatic heterocycles. The third-order valence-corrected chi connectivity index (χ3v) is 4.99. The molecule has 8 heteroatoms. The number of nitro groups is 1. The summed E-state index contributed by atoms with van der Waals surface area (Å²) in [6.45, 7) is 0. The molecule has 0 atom stereocenters. The summed E-state index contributed by atoms with van der Waals surface area (Å²) in [5, 5.41) is 13.7. The number of nitro benzene ring substituents is 1. The summed E-state index contributed by atoms with van der Waals surface area (Å²) < 4.78 is 26.3. The number of hydrogen-bond donors (Lipinski definition) is 1. The fraction of sp³-hybridized carbons (Fsp3) is 0.143. The molecule has 0 saturated carbocycles. The van der Waals surface area contributed by atoms with E-state index in [0.29, 0.717) is 5.69 Å². The summed E-state index contributed by atoms with van der Waals surface area (Å²) in [5.41, 5.74) is 0.444. The van der Waals surface area contributed by atoms with Crippen LogP contribution in [0.15, 0.2) is 53.4 Å². The van der Waals surface area contributed by atoms with Crippen molar-refractivity contribution in [1.29, 1.82) is 0 Å². The van der Waals surface area contributed by atoms with Crippen LogP contribution >= 0.6 is 0 Å². The summed E-state index contributed by atoms with van der Waals surface area (Å²) in [4.78, 5) is 10.3. The number of nitrogens with one attached hydrogen (secondary N) is 1. The van der Waals surface area contributed by atoms with E-state index < -0.39 is 14.9 Å². The lowest BCUT2D eigenvalue weighted by molar-refractivity contribution is -0.384. The summed E-state index contributed by atoms with van der Waals surface area (Å²) in [6.07, 6.45) is 0. The molecule has 0 fully saturated rings. The van der Waals surface area contributed by atoms with Crippen molar-refractivity contribution in [2.75, 3.05) is 23.7 Å². The Balaban J connectivity index is 2.50. The maximum absolute atomic E-state index is 12.6. The van der Waals surface area contributed by atoms with Crippen LogP contribution in [0.25, 0.3) is 0 Å². The van der Waals surface area contributed by atoms with Crippen molar-refractivity contribution in [1.82, 2.24) is 0 Å². The Kier molecular flexibility index (Phi) is 4.32. The molecule has 0 aliphatic carbocycles. The van der Waals surface area contributed by atoms with Crippen LogP contribution in [-0.2, 0) is 10.0 Å². The largest absolute Gasteiger partial charge is 0.383 e. The maximum atomic E-state index is 12.6. The van der Waals surface area contributed by atoms with Crippen LogP contribution in [0.2, 0.25) is 0 Å². The standard InChI is InChI=1S/C14H15N3O4S/c1-15-13-9-8-12(10-14(13)17(18)19)22(20,21)16(2)11-6-4-3-5-7-11/h3-10,15H,1-2H3. The van der Waals surface area contributed by atoms with Crippen molar-refractivity contribution in [2.24, 2.45) is 0 Å². The number of rotatable bonds is 5. The van der Waals surface area contributed by atoms with Gasteiger partial charge in [-0.3, -0.25) is 14.4 Å². The molecule has 0 heterocycles. The molecule has 2 aromatic carbocycles. The fourth-order valence-electron chi connectivity index (χ4n) is 1.97. The van der Waals surface area contributed by atoms with Crippen LogP contribution < -0.4 is 9.62 Å². The average molecular weight is 321 g/mol. The molecular weight excluding hydrogens is 306 g/mol. The lowest BCUT2D eigenvalue weighted by Gasteiger charge is -2.19. The molecule has 0 unspecified atom stereocenters. The van der Waals surface area contributed by atoms with Crippen LogP contribution in [0, 0.1) is 10.1 Å². The van der Waals surface area contributed by atoms with E-state index in [2.05, 4.69) is 5.32 Å². The van der Waals surface area contributed by atoms with E-state index in [4.69, 9.17) is 0 Å². The van der Waals surface area contributed by atoms with Crippen molar-refractivity contribution in [3.8, 4) is 0 Å². The van der Waals surface area contributed by atoms with Crippen molar-refractivity contribution in [3.05, 3.63) is 58.6 Å². The highest BCUT2D eigenvalue weighted by atomic mass is 32.2. The van der Waals surface area contributed by atoms with Gasteiger partial charge >= 0.3 is 0 Å². The molecule has 0 aliphatic rings. The second-order valence-electron chi connectivity index (χ2n) is 4.49. The highest BCUT2D eigenvalue weighted by molar-refractivity contribution is 7.92. The summed E-state index contributed by atoms with van der Waals surface area (Å²) in [5.74, 6) is 0. The van der Waals surface area contributed by atoms with E-state index in [-0.39, 0.29) is 16.3 Å². The molecular formula is C14H15N3O4S. The minimum atomic E-state index is -3.87. The van der Waals surface area contributed by atoms with Gasteiger partial charge in [0.1, 0.15) is 5.69 Å². The molecule has 0 bridgehead atoms. The normalized spacial score (nSPS) is 11.0. The van der Waals surface area contributed by atoms with E-state index >= 15 is 0 Å². The minimum Gasteiger partial charge on any atom is -0.383 e. The quantitative estimate of drug-likeness (QED) is 0.674. The predicted octanol–water partition coefficient (Wildman–Crippen LogP) is 2.46. The van der Waals surface area contributed by atoms with E-state index in [9.17, 15) is 18.5 Å². The monoisotopic (exact) mass is 321 g/mol. The van der Waals surface area contributed by atoms with Gasteiger partial charge in [0.25, 0.3) is 15.7 Å². The number of anilines is 2. The van der Waals surface area contributed by atoms with E-state index in [1.807, 2.05) is 0 Å². The van der Waals surface area contributed by atoms with Gasteiger partial charge in [0.2, 0.25) is 0 Å². The van der Waals surface area contributed by atoms with Crippen molar-refractivity contribution in [2.45, 2.75) is 4.90 Å². The Morgan fingerprint density at radius 2 is 1.77 bits per heavy atom. The zero-order valence-electron chi connectivity index (χ0n) is 12.1. The molecule has 22 heavy (non-hydrogen) atoms.